The fraction of sp³-hybridized carbons (Fsp3) is 0.647. The molecule has 1 aliphatic rings. The van der Waals surface area contributed by atoms with Crippen LogP contribution in [0.15, 0.2) is 18.5 Å². The highest BCUT2D eigenvalue weighted by molar-refractivity contribution is 5.99. The van der Waals surface area contributed by atoms with E-state index in [4.69, 9.17) is 0 Å². The monoisotopic (exact) mass is 289 g/mol. The Morgan fingerprint density at radius 2 is 2.10 bits per heavy atom. The van der Waals surface area contributed by atoms with Crippen molar-refractivity contribution in [1.82, 2.24) is 10.3 Å². The van der Waals surface area contributed by atoms with Crippen molar-refractivity contribution in [3.8, 4) is 0 Å². The molecule has 1 aliphatic carbocycles. The number of hydrogen-bond donors (Lipinski definition) is 2. The number of pyridine rings is 1. The Kier molecular flexibility index (Phi) is 5.21. The number of carbonyl (C=O) groups excluding carboxylic acids is 1. The third-order valence-electron chi connectivity index (χ3n) is 4.31. The van der Waals surface area contributed by atoms with E-state index in [9.17, 15) is 4.79 Å². The van der Waals surface area contributed by atoms with E-state index < -0.39 is 0 Å². The van der Waals surface area contributed by atoms with E-state index in [1.165, 1.54) is 12.8 Å². The Morgan fingerprint density at radius 1 is 1.38 bits per heavy atom. The summed E-state index contributed by atoms with van der Waals surface area (Å²) < 4.78 is 0. The molecule has 0 saturated heterocycles. The predicted molar refractivity (Wildman–Crippen MR) is 86.5 cm³/mol. The van der Waals surface area contributed by atoms with Crippen molar-refractivity contribution < 1.29 is 4.79 Å². The fourth-order valence-corrected chi connectivity index (χ4v) is 2.80. The average Bonchev–Trinajstić information content (AvgIpc) is 2.47. The Bertz CT molecular complexity index is 475. The van der Waals surface area contributed by atoms with Crippen LogP contribution >= 0.6 is 0 Å². The highest BCUT2D eigenvalue weighted by Gasteiger charge is 2.28. The zero-order chi connectivity index (χ0) is 15.3. The molecule has 1 heterocycles. The second-order valence-electron chi connectivity index (χ2n) is 6.76. The Hall–Kier alpha value is -1.58. The van der Waals surface area contributed by atoms with Gasteiger partial charge in [0, 0.05) is 25.0 Å². The lowest BCUT2D eigenvalue weighted by Gasteiger charge is -2.34. The Morgan fingerprint density at radius 3 is 2.76 bits per heavy atom. The van der Waals surface area contributed by atoms with Crippen molar-refractivity contribution in [2.24, 2.45) is 5.41 Å². The zero-order valence-corrected chi connectivity index (χ0v) is 13.4. The average molecular weight is 289 g/mol. The van der Waals surface area contributed by atoms with E-state index in [0.717, 1.165) is 31.5 Å². The van der Waals surface area contributed by atoms with Crippen LogP contribution in [0, 0.1) is 5.41 Å². The molecule has 0 aliphatic heterocycles. The second-order valence-corrected chi connectivity index (χ2v) is 6.76. The quantitative estimate of drug-likeness (QED) is 0.870. The van der Waals surface area contributed by atoms with Gasteiger partial charge in [-0.15, -0.1) is 0 Å². The van der Waals surface area contributed by atoms with Crippen LogP contribution in [0.5, 0.6) is 0 Å². The lowest BCUT2D eigenvalue weighted by atomic mass is 9.75. The summed E-state index contributed by atoms with van der Waals surface area (Å²) >= 11 is 0. The van der Waals surface area contributed by atoms with Gasteiger partial charge >= 0.3 is 0 Å². The first-order valence-corrected chi connectivity index (χ1v) is 8.00. The minimum absolute atomic E-state index is 0.00795. The van der Waals surface area contributed by atoms with Gasteiger partial charge < -0.3 is 10.6 Å². The van der Waals surface area contributed by atoms with E-state index in [1.807, 2.05) is 6.07 Å². The lowest BCUT2D eigenvalue weighted by molar-refractivity contribution is 0.0909. The summed E-state index contributed by atoms with van der Waals surface area (Å²) in [4.78, 5) is 16.6. The maximum atomic E-state index is 12.5. The van der Waals surface area contributed by atoms with E-state index in [0.29, 0.717) is 17.0 Å². The van der Waals surface area contributed by atoms with Gasteiger partial charge in [-0.3, -0.25) is 9.78 Å². The predicted octanol–water partition coefficient (Wildman–Crippen LogP) is 3.60. The number of aromatic nitrogens is 1. The van der Waals surface area contributed by atoms with Gasteiger partial charge in [0.2, 0.25) is 0 Å². The van der Waals surface area contributed by atoms with Crippen LogP contribution in [0.2, 0.25) is 0 Å². The molecule has 1 aromatic heterocycles. The maximum Gasteiger partial charge on any atom is 0.255 e. The Balaban J connectivity index is 1.97. The summed E-state index contributed by atoms with van der Waals surface area (Å²) in [5.41, 5.74) is 1.94. The summed E-state index contributed by atoms with van der Waals surface area (Å²) in [6, 6.07) is 2.17. The number of hydrogen-bond acceptors (Lipinski definition) is 3. The number of carbonyl (C=O) groups is 1. The molecule has 0 bridgehead atoms. The molecule has 2 N–H and O–H groups in total. The van der Waals surface area contributed by atoms with Crippen molar-refractivity contribution in [1.29, 1.82) is 0 Å². The molecule has 1 fully saturated rings. The highest BCUT2D eigenvalue weighted by Crippen LogP contribution is 2.35. The third kappa shape index (κ3) is 4.45. The lowest BCUT2D eigenvalue weighted by Crippen LogP contribution is -2.39. The first-order valence-electron chi connectivity index (χ1n) is 8.00. The molecular weight excluding hydrogens is 262 g/mol. The molecule has 1 saturated carbocycles. The fourth-order valence-electron chi connectivity index (χ4n) is 2.80. The number of anilines is 1. The topological polar surface area (TPSA) is 54.0 Å². The largest absolute Gasteiger partial charge is 0.384 e. The standard InChI is InChI=1S/C17H27N3O/c1-4-10-19-15-7-11-18-12-14(15)16(21)20-13-5-8-17(2,3)9-6-13/h7,11-13H,4-6,8-10H2,1-3H3,(H,18,19)(H,20,21). The first kappa shape index (κ1) is 15.8. The van der Waals surface area contributed by atoms with Crippen molar-refractivity contribution in [3.05, 3.63) is 24.0 Å². The van der Waals surface area contributed by atoms with Gasteiger partial charge in [-0.2, -0.15) is 0 Å². The van der Waals surface area contributed by atoms with E-state index in [2.05, 4.69) is 36.4 Å². The maximum absolute atomic E-state index is 12.5. The third-order valence-corrected chi connectivity index (χ3v) is 4.31. The van der Waals surface area contributed by atoms with Crippen molar-refractivity contribution in [2.45, 2.75) is 58.9 Å². The normalized spacial score (nSPS) is 18.2. The number of amides is 1. The van der Waals surface area contributed by atoms with E-state index in [-0.39, 0.29) is 5.91 Å². The van der Waals surface area contributed by atoms with Gasteiger partial charge in [0.1, 0.15) is 0 Å². The van der Waals surface area contributed by atoms with Crippen LogP contribution in [0.1, 0.15) is 63.2 Å². The molecule has 116 valence electrons. The van der Waals surface area contributed by atoms with Gasteiger partial charge in [0.15, 0.2) is 0 Å². The molecule has 4 heteroatoms. The summed E-state index contributed by atoms with van der Waals surface area (Å²) in [7, 11) is 0. The zero-order valence-electron chi connectivity index (χ0n) is 13.4. The molecule has 0 aromatic carbocycles. The summed E-state index contributed by atoms with van der Waals surface area (Å²) in [5, 5.41) is 6.46. The molecule has 21 heavy (non-hydrogen) atoms. The second kappa shape index (κ2) is 6.92. The number of nitrogens with zero attached hydrogens (tertiary/aromatic N) is 1. The van der Waals surface area contributed by atoms with Crippen molar-refractivity contribution in [2.75, 3.05) is 11.9 Å². The minimum atomic E-state index is -0.00795. The van der Waals surface area contributed by atoms with Crippen LogP contribution in [0.25, 0.3) is 0 Å². The van der Waals surface area contributed by atoms with Crippen molar-refractivity contribution in [3.63, 3.8) is 0 Å². The van der Waals surface area contributed by atoms with Gasteiger partial charge in [-0.1, -0.05) is 20.8 Å². The van der Waals surface area contributed by atoms with Crippen molar-refractivity contribution >= 4 is 11.6 Å². The highest BCUT2D eigenvalue weighted by atomic mass is 16.1. The summed E-state index contributed by atoms with van der Waals surface area (Å²) in [6.07, 6.45) is 8.88. The van der Waals surface area contributed by atoms with Gasteiger partial charge in [-0.25, -0.2) is 0 Å². The molecule has 0 atom stereocenters. The molecular formula is C17H27N3O. The van der Waals surface area contributed by atoms with Crippen LogP contribution in [-0.2, 0) is 0 Å². The number of rotatable bonds is 5. The number of nitrogens with one attached hydrogen (secondary N) is 2. The van der Waals surface area contributed by atoms with Gasteiger partial charge in [0.05, 0.1) is 11.3 Å². The van der Waals surface area contributed by atoms with Gasteiger partial charge in [0.25, 0.3) is 5.91 Å². The molecule has 4 nitrogen and oxygen atoms in total. The SMILES string of the molecule is CCCNc1ccncc1C(=O)NC1CCC(C)(C)CC1. The summed E-state index contributed by atoms with van der Waals surface area (Å²) in [6.45, 7) is 7.58. The summed E-state index contributed by atoms with van der Waals surface area (Å²) in [5.74, 6) is -0.00795. The first-order chi connectivity index (χ1) is 10.0. The van der Waals surface area contributed by atoms with E-state index >= 15 is 0 Å². The smallest absolute Gasteiger partial charge is 0.255 e. The molecule has 0 unspecified atom stereocenters. The van der Waals surface area contributed by atoms with Crippen LogP contribution in [-0.4, -0.2) is 23.5 Å². The molecule has 1 aromatic rings. The Labute approximate surface area is 127 Å². The minimum Gasteiger partial charge on any atom is -0.384 e. The van der Waals surface area contributed by atoms with Crippen LogP contribution in [0.3, 0.4) is 0 Å². The molecule has 0 radical (unpaired) electrons. The molecule has 0 spiro atoms. The van der Waals surface area contributed by atoms with E-state index in [1.54, 1.807) is 12.4 Å². The van der Waals surface area contributed by atoms with Crippen LogP contribution < -0.4 is 10.6 Å². The van der Waals surface area contributed by atoms with Gasteiger partial charge in [-0.05, 0) is 43.6 Å². The molecule has 1 amide bonds. The molecule has 2 rings (SSSR count). The van der Waals surface area contributed by atoms with Crippen LogP contribution in [0.4, 0.5) is 5.69 Å².